The molecule has 0 bridgehead atoms. The second kappa shape index (κ2) is 5.32. The van der Waals surface area contributed by atoms with Gasteiger partial charge in [0.15, 0.2) is 0 Å². The van der Waals surface area contributed by atoms with Crippen LogP contribution in [0.4, 0.5) is 8.78 Å². The Morgan fingerprint density at radius 1 is 1.29 bits per heavy atom. The average Bonchev–Trinajstić information content (AvgIpc) is 2.12. The maximum atomic E-state index is 12.8. The molecule has 1 aromatic rings. The molecule has 0 saturated heterocycles. The van der Waals surface area contributed by atoms with Crippen molar-refractivity contribution < 1.29 is 8.78 Å². The van der Waals surface area contributed by atoms with Crippen molar-refractivity contribution in [3.63, 3.8) is 0 Å². The molecule has 1 atom stereocenters. The SMILES string of the molecule is CCSCC(N)c1cc(F)cc(F)c1. The molecule has 0 aromatic heterocycles. The molecule has 0 aliphatic rings. The normalized spacial score (nSPS) is 12.9. The van der Waals surface area contributed by atoms with E-state index in [0.29, 0.717) is 11.3 Å². The van der Waals surface area contributed by atoms with Gasteiger partial charge in [0.25, 0.3) is 0 Å². The molecule has 1 unspecified atom stereocenters. The summed E-state index contributed by atoms with van der Waals surface area (Å²) in [6.45, 7) is 2.02. The third kappa shape index (κ3) is 3.27. The number of hydrogen-bond donors (Lipinski definition) is 1. The molecule has 2 N–H and O–H groups in total. The number of hydrogen-bond acceptors (Lipinski definition) is 2. The minimum atomic E-state index is -0.572. The maximum absolute atomic E-state index is 12.8. The molecule has 0 saturated carbocycles. The summed E-state index contributed by atoms with van der Waals surface area (Å²) in [6, 6.07) is 3.11. The molecule has 0 spiro atoms. The lowest BCUT2D eigenvalue weighted by Gasteiger charge is -2.11. The Morgan fingerprint density at radius 2 is 1.86 bits per heavy atom. The van der Waals surface area contributed by atoms with E-state index in [1.54, 1.807) is 11.8 Å². The van der Waals surface area contributed by atoms with Crippen molar-refractivity contribution in [2.75, 3.05) is 11.5 Å². The summed E-state index contributed by atoms with van der Waals surface area (Å²) in [6.07, 6.45) is 0. The van der Waals surface area contributed by atoms with Gasteiger partial charge in [-0.1, -0.05) is 6.92 Å². The van der Waals surface area contributed by atoms with E-state index in [9.17, 15) is 8.78 Å². The van der Waals surface area contributed by atoms with Gasteiger partial charge in [0.1, 0.15) is 11.6 Å². The molecule has 1 nitrogen and oxygen atoms in total. The smallest absolute Gasteiger partial charge is 0.126 e. The van der Waals surface area contributed by atoms with E-state index >= 15 is 0 Å². The van der Waals surface area contributed by atoms with Crippen LogP contribution in [0.5, 0.6) is 0 Å². The Hall–Kier alpha value is -0.610. The Bertz CT molecular complexity index is 284. The first-order chi connectivity index (χ1) is 6.63. The van der Waals surface area contributed by atoms with Crippen LogP contribution in [0.2, 0.25) is 0 Å². The van der Waals surface area contributed by atoms with E-state index in [-0.39, 0.29) is 6.04 Å². The molecule has 14 heavy (non-hydrogen) atoms. The predicted molar refractivity (Wildman–Crippen MR) is 56.3 cm³/mol. The van der Waals surface area contributed by atoms with E-state index in [4.69, 9.17) is 5.73 Å². The molecule has 0 amide bonds. The average molecular weight is 217 g/mol. The summed E-state index contributed by atoms with van der Waals surface area (Å²) >= 11 is 1.65. The lowest BCUT2D eigenvalue weighted by atomic mass is 10.1. The monoisotopic (exact) mass is 217 g/mol. The summed E-state index contributed by atoms with van der Waals surface area (Å²) in [5.74, 6) is 0.485. The van der Waals surface area contributed by atoms with Gasteiger partial charge in [-0.3, -0.25) is 0 Å². The van der Waals surface area contributed by atoms with Crippen LogP contribution < -0.4 is 5.73 Å². The second-order valence-corrected chi connectivity index (χ2v) is 4.29. The summed E-state index contributed by atoms with van der Waals surface area (Å²) in [5, 5.41) is 0. The molecular weight excluding hydrogens is 204 g/mol. The first-order valence-corrected chi connectivity index (χ1v) is 5.58. The number of benzene rings is 1. The number of halogens is 2. The summed E-state index contributed by atoms with van der Waals surface area (Å²) in [4.78, 5) is 0. The van der Waals surface area contributed by atoms with E-state index in [0.717, 1.165) is 11.8 Å². The number of nitrogens with two attached hydrogens (primary N) is 1. The summed E-state index contributed by atoms with van der Waals surface area (Å²) < 4.78 is 25.6. The van der Waals surface area contributed by atoms with Crippen molar-refractivity contribution in [3.8, 4) is 0 Å². The minimum absolute atomic E-state index is 0.301. The highest BCUT2D eigenvalue weighted by atomic mass is 32.2. The fraction of sp³-hybridized carbons (Fsp3) is 0.400. The zero-order chi connectivity index (χ0) is 10.6. The molecule has 4 heteroatoms. The zero-order valence-corrected chi connectivity index (χ0v) is 8.78. The second-order valence-electron chi connectivity index (χ2n) is 2.97. The van der Waals surface area contributed by atoms with Crippen molar-refractivity contribution in [3.05, 3.63) is 35.4 Å². The topological polar surface area (TPSA) is 26.0 Å². The Balaban J connectivity index is 2.73. The van der Waals surface area contributed by atoms with Crippen LogP contribution in [-0.2, 0) is 0 Å². The van der Waals surface area contributed by atoms with E-state index < -0.39 is 11.6 Å². The van der Waals surface area contributed by atoms with Gasteiger partial charge in [0.2, 0.25) is 0 Å². The van der Waals surface area contributed by atoms with Crippen LogP contribution in [0, 0.1) is 11.6 Å². The van der Waals surface area contributed by atoms with Gasteiger partial charge in [-0.25, -0.2) is 8.78 Å². The molecule has 1 aromatic carbocycles. The molecule has 0 radical (unpaired) electrons. The van der Waals surface area contributed by atoms with Crippen molar-refractivity contribution in [2.45, 2.75) is 13.0 Å². The third-order valence-electron chi connectivity index (χ3n) is 1.81. The fourth-order valence-electron chi connectivity index (χ4n) is 1.13. The highest BCUT2D eigenvalue weighted by Crippen LogP contribution is 2.18. The lowest BCUT2D eigenvalue weighted by Crippen LogP contribution is -2.13. The van der Waals surface area contributed by atoms with Gasteiger partial charge in [-0.15, -0.1) is 0 Å². The van der Waals surface area contributed by atoms with Gasteiger partial charge in [-0.05, 0) is 23.4 Å². The quantitative estimate of drug-likeness (QED) is 0.839. The van der Waals surface area contributed by atoms with Crippen LogP contribution in [0.25, 0.3) is 0 Å². The van der Waals surface area contributed by atoms with Crippen molar-refractivity contribution in [1.82, 2.24) is 0 Å². The predicted octanol–water partition coefficient (Wildman–Crippen LogP) is 2.72. The van der Waals surface area contributed by atoms with Gasteiger partial charge in [0.05, 0.1) is 0 Å². The lowest BCUT2D eigenvalue weighted by molar-refractivity contribution is 0.576. The minimum Gasteiger partial charge on any atom is -0.323 e. The van der Waals surface area contributed by atoms with Crippen molar-refractivity contribution in [1.29, 1.82) is 0 Å². The van der Waals surface area contributed by atoms with Crippen molar-refractivity contribution >= 4 is 11.8 Å². The standard InChI is InChI=1S/C10H13F2NS/c1-2-14-6-10(13)7-3-8(11)5-9(12)4-7/h3-5,10H,2,6,13H2,1H3. The largest absolute Gasteiger partial charge is 0.323 e. The first-order valence-electron chi connectivity index (χ1n) is 4.42. The third-order valence-corrected chi connectivity index (χ3v) is 2.82. The molecule has 1 rings (SSSR count). The van der Waals surface area contributed by atoms with Crippen LogP contribution in [0.1, 0.15) is 18.5 Å². The number of rotatable bonds is 4. The Morgan fingerprint density at radius 3 is 2.36 bits per heavy atom. The zero-order valence-electron chi connectivity index (χ0n) is 7.97. The molecule has 0 fully saturated rings. The molecule has 78 valence electrons. The van der Waals surface area contributed by atoms with E-state index in [2.05, 4.69) is 0 Å². The van der Waals surface area contributed by atoms with Crippen LogP contribution in [-0.4, -0.2) is 11.5 Å². The van der Waals surface area contributed by atoms with Gasteiger partial charge in [-0.2, -0.15) is 11.8 Å². The fourth-order valence-corrected chi connectivity index (χ4v) is 1.81. The Kier molecular flexibility index (Phi) is 4.35. The summed E-state index contributed by atoms with van der Waals surface area (Å²) in [7, 11) is 0. The molecule has 0 heterocycles. The molecule has 0 aliphatic carbocycles. The first kappa shape index (κ1) is 11.5. The maximum Gasteiger partial charge on any atom is 0.126 e. The van der Waals surface area contributed by atoms with Gasteiger partial charge < -0.3 is 5.73 Å². The van der Waals surface area contributed by atoms with Crippen molar-refractivity contribution in [2.24, 2.45) is 5.73 Å². The van der Waals surface area contributed by atoms with Gasteiger partial charge in [0, 0.05) is 17.9 Å². The highest BCUT2D eigenvalue weighted by Gasteiger charge is 2.08. The highest BCUT2D eigenvalue weighted by molar-refractivity contribution is 7.99. The van der Waals surface area contributed by atoms with E-state index in [1.807, 2.05) is 6.92 Å². The van der Waals surface area contributed by atoms with Crippen LogP contribution >= 0.6 is 11.8 Å². The number of thioether (sulfide) groups is 1. The summed E-state index contributed by atoms with van der Waals surface area (Å²) in [5.41, 5.74) is 6.28. The molecular formula is C10H13F2NS. The van der Waals surface area contributed by atoms with Crippen LogP contribution in [0.15, 0.2) is 18.2 Å². The Labute approximate surface area is 86.7 Å². The van der Waals surface area contributed by atoms with E-state index in [1.165, 1.54) is 12.1 Å². The molecule has 0 aliphatic heterocycles. The van der Waals surface area contributed by atoms with Gasteiger partial charge >= 0.3 is 0 Å². The van der Waals surface area contributed by atoms with Crippen LogP contribution in [0.3, 0.4) is 0 Å².